The number of rotatable bonds is 4. The van der Waals surface area contributed by atoms with Gasteiger partial charge in [0.05, 0.1) is 11.6 Å². The molecular weight excluding hydrogens is 422 g/mol. The Morgan fingerprint density at radius 3 is 2.38 bits per heavy atom. The molecule has 0 atom stereocenters. The quantitative estimate of drug-likeness (QED) is 0.566. The second-order valence-electron chi connectivity index (χ2n) is 10.1. The van der Waals surface area contributed by atoms with Gasteiger partial charge in [-0.3, -0.25) is 9.89 Å². The SMILES string of the molecule is Cc1nc(-c2cc(C(=O)N3CCC(c4ccc(C#N)cc4)CC3)c(C)cc2C2CC(C)C2)n[nH]1. The Kier molecular flexibility index (Phi) is 5.95. The molecule has 1 amide bonds. The summed E-state index contributed by atoms with van der Waals surface area (Å²) in [5.41, 5.74) is 5.98. The number of carbonyl (C=O) groups excluding carboxylic acids is 1. The lowest BCUT2D eigenvalue weighted by atomic mass is 9.70. The van der Waals surface area contributed by atoms with Crippen molar-refractivity contribution in [1.82, 2.24) is 20.1 Å². The van der Waals surface area contributed by atoms with Crippen LogP contribution in [-0.2, 0) is 0 Å². The summed E-state index contributed by atoms with van der Waals surface area (Å²) in [5, 5.41) is 16.4. The molecule has 0 unspecified atom stereocenters. The van der Waals surface area contributed by atoms with Crippen molar-refractivity contribution in [2.75, 3.05) is 13.1 Å². The van der Waals surface area contributed by atoms with Crippen LogP contribution < -0.4 is 0 Å². The summed E-state index contributed by atoms with van der Waals surface area (Å²) in [6.07, 6.45) is 4.21. The summed E-state index contributed by atoms with van der Waals surface area (Å²) in [7, 11) is 0. The number of nitriles is 1. The molecule has 0 bridgehead atoms. The van der Waals surface area contributed by atoms with Crippen LogP contribution in [0.2, 0.25) is 0 Å². The molecular formula is C28H31N5O. The maximum atomic E-state index is 13.6. The van der Waals surface area contributed by atoms with Crippen molar-refractivity contribution in [3.63, 3.8) is 0 Å². The molecule has 5 rings (SSSR count). The number of aromatic nitrogens is 3. The third kappa shape index (κ3) is 4.23. The van der Waals surface area contributed by atoms with Crippen molar-refractivity contribution in [3.8, 4) is 17.5 Å². The summed E-state index contributed by atoms with van der Waals surface area (Å²) < 4.78 is 0. The first-order chi connectivity index (χ1) is 16.4. The van der Waals surface area contributed by atoms with E-state index in [-0.39, 0.29) is 5.91 Å². The van der Waals surface area contributed by atoms with Crippen LogP contribution in [0.5, 0.6) is 0 Å². The van der Waals surface area contributed by atoms with Gasteiger partial charge in [-0.2, -0.15) is 10.4 Å². The van der Waals surface area contributed by atoms with Gasteiger partial charge < -0.3 is 4.90 Å². The van der Waals surface area contributed by atoms with Crippen LogP contribution in [0, 0.1) is 31.1 Å². The van der Waals surface area contributed by atoms with E-state index in [1.54, 1.807) is 0 Å². The molecule has 1 aliphatic carbocycles. The summed E-state index contributed by atoms with van der Waals surface area (Å²) in [5.74, 6) is 3.23. The first-order valence-electron chi connectivity index (χ1n) is 12.3. The van der Waals surface area contributed by atoms with Gasteiger partial charge in [-0.05, 0) is 92.2 Å². The van der Waals surface area contributed by atoms with Gasteiger partial charge in [-0.1, -0.05) is 25.1 Å². The van der Waals surface area contributed by atoms with Crippen LogP contribution in [0.4, 0.5) is 0 Å². The molecule has 2 aliphatic rings. The minimum absolute atomic E-state index is 0.0952. The monoisotopic (exact) mass is 453 g/mol. The van der Waals surface area contributed by atoms with Gasteiger partial charge in [0.2, 0.25) is 0 Å². The molecule has 0 radical (unpaired) electrons. The zero-order valence-corrected chi connectivity index (χ0v) is 20.1. The Bertz CT molecular complexity index is 1240. The standard InChI is InChI=1S/C28H31N5O/c1-17-12-23(13-17)25-14-18(2)24(15-26(25)27-30-19(3)31-32-27)28(34)33-10-8-22(9-11-33)21-6-4-20(16-29)5-7-21/h4-7,14-15,17,22-23H,8-13H2,1-3H3,(H,30,31,32). The average Bonchev–Trinajstić information content (AvgIpc) is 3.27. The van der Waals surface area contributed by atoms with E-state index >= 15 is 0 Å². The minimum atomic E-state index is 0.0952. The number of benzene rings is 2. The summed E-state index contributed by atoms with van der Waals surface area (Å²) >= 11 is 0. The second-order valence-corrected chi connectivity index (χ2v) is 10.1. The third-order valence-corrected chi connectivity index (χ3v) is 7.57. The molecule has 6 nitrogen and oxygen atoms in total. The van der Waals surface area contributed by atoms with Crippen LogP contribution in [0.3, 0.4) is 0 Å². The number of aryl methyl sites for hydroxylation is 2. The van der Waals surface area contributed by atoms with E-state index in [0.29, 0.717) is 23.2 Å². The molecule has 6 heteroatoms. The van der Waals surface area contributed by atoms with Crippen molar-refractivity contribution in [3.05, 3.63) is 70.0 Å². The highest BCUT2D eigenvalue weighted by molar-refractivity contribution is 5.97. The van der Waals surface area contributed by atoms with Crippen molar-refractivity contribution in [2.24, 2.45) is 5.92 Å². The van der Waals surface area contributed by atoms with Crippen LogP contribution in [0.1, 0.15) is 82.9 Å². The normalized spacial score (nSPS) is 20.6. The van der Waals surface area contributed by atoms with Crippen LogP contribution >= 0.6 is 0 Å². The van der Waals surface area contributed by atoms with E-state index in [2.05, 4.69) is 53.3 Å². The molecule has 2 heterocycles. The molecule has 1 saturated heterocycles. The van der Waals surface area contributed by atoms with Gasteiger partial charge in [0.1, 0.15) is 5.82 Å². The number of aromatic amines is 1. The van der Waals surface area contributed by atoms with Crippen LogP contribution in [0.25, 0.3) is 11.4 Å². The van der Waals surface area contributed by atoms with Crippen molar-refractivity contribution >= 4 is 5.91 Å². The predicted molar refractivity (Wildman–Crippen MR) is 131 cm³/mol. The van der Waals surface area contributed by atoms with E-state index in [1.165, 1.54) is 24.0 Å². The van der Waals surface area contributed by atoms with Gasteiger partial charge in [-0.25, -0.2) is 4.98 Å². The number of amides is 1. The van der Waals surface area contributed by atoms with Gasteiger partial charge in [0.25, 0.3) is 5.91 Å². The number of carbonyl (C=O) groups is 1. The highest BCUT2D eigenvalue weighted by Crippen LogP contribution is 2.45. The fourth-order valence-corrected chi connectivity index (χ4v) is 5.53. The number of hydrogen-bond donors (Lipinski definition) is 1. The molecule has 1 aliphatic heterocycles. The zero-order valence-electron chi connectivity index (χ0n) is 20.1. The van der Waals surface area contributed by atoms with Crippen LogP contribution in [-0.4, -0.2) is 39.1 Å². The largest absolute Gasteiger partial charge is 0.339 e. The predicted octanol–water partition coefficient (Wildman–Crippen LogP) is 5.49. The average molecular weight is 454 g/mol. The molecule has 1 aromatic heterocycles. The van der Waals surface area contributed by atoms with Crippen molar-refractivity contribution in [1.29, 1.82) is 5.26 Å². The molecule has 0 spiro atoms. The number of likely N-dealkylation sites (tertiary alicyclic amines) is 1. The lowest BCUT2D eigenvalue weighted by Gasteiger charge is -2.35. The Balaban J connectivity index is 1.37. The first-order valence-corrected chi connectivity index (χ1v) is 12.3. The molecule has 1 saturated carbocycles. The van der Waals surface area contributed by atoms with Gasteiger partial charge in [-0.15, -0.1) is 0 Å². The van der Waals surface area contributed by atoms with E-state index < -0.39 is 0 Å². The van der Waals surface area contributed by atoms with E-state index in [9.17, 15) is 4.79 Å². The van der Waals surface area contributed by atoms with Gasteiger partial charge >= 0.3 is 0 Å². The highest BCUT2D eigenvalue weighted by Gasteiger charge is 2.32. The number of piperidine rings is 1. The first kappa shape index (κ1) is 22.3. The van der Waals surface area contributed by atoms with Crippen molar-refractivity contribution in [2.45, 2.75) is 58.3 Å². The Hall–Kier alpha value is -3.46. The molecule has 34 heavy (non-hydrogen) atoms. The summed E-state index contributed by atoms with van der Waals surface area (Å²) in [6, 6.07) is 14.3. The van der Waals surface area contributed by atoms with Gasteiger partial charge in [0.15, 0.2) is 5.82 Å². The maximum Gasteiger partial charge on any atom is 0.254 e. The lowest BCUT2D eigenvalue weighted by Crippen LogP contribution is -2.38. The maximum absolute atomic E-state index is 13.6. The third-order valence-electron chi connectivity index (χ3n) is 7.57. The van der Waals surface area contributed by atoms with Crippen LogP contribution in [0.15, 0.2) is 36.4 Å². The van der Waals surface area contributed by atoms with Gasteiger partial charge in [0, 0.05) is 24.2 Å². The number of nitrogens with one attached hydrogen (secondary N) is 1. The fourth-order valence-electron chi connectivity index (χ4n) is 5.53. The fraction of sp³-hybridized carbons (Fsp3) is 0.429. The molecule has 2 aromatic carbocycles. The zero-order chi connectivity index (χ0) is 23.8. The smallest absolute Gasteiger partial charge is 0.254 e. The molecule has 1 N–H and O–H groups in total. The second kappa shape index (κ2) is 9.06. The summed E-state index contributed by atoms with van der Waals surface area (Å²) in [4.78, 5) is 20.2. The topological polar surface area (TPSA) is 85.7 Å². The Morgan fingerprint density at radius 2 is 1.79 bits per heavy atom. The van der Waals surface area contributed by atoms with E-state index in [4.69, 9.17) is 5.26 Å². The van der Waals surface area contributed by atoms with E-state index in [0.717, 1.165) is 54.4 Å². The lowest BCUT2D eigenvalue weighted by molar-refractivity contribution is 0.0712. The minimum Gasteiger partial charge on any atom is -0.339 e. The van der Waals surface area contributed by atoms with E-state index in [1.807, 2.05) is 30.0 Å². The Labute approximate surface area is 201 Å². The highest BCUT2D eigenvalue weighted by atomic mass is 16.2. The molecule has 3 aromatic rings. The molecule has 174 valence electrons. The summed E-state index contributed by atoms with van der Waals surface area (Å²) in [6.45, 7) is 7.72. The number of hydrogen-bond acceptors (Lipinski definition) is 4. The Morgan fingerprint density at radius 1 is 1.09 bits per heavy atom. The van der Waals surface area contributed by atoms with Crippen molar-refractivity contribution < 1.29 is 4.79 Å². The number of H-pyrrole nitrogens is 1. The molecule has 2 fully saturated rings. The number of nitrogens with zero attached hydrogens (tertiary/aromatic N) is 4.